The fourth-order valence-electron chi connectivity index (χ4n) is 2.48. The van der Waals surface area contributed by atoms with E-state index in [2.05, 4.69) is 15.5 Å². The summed E-state index contributed by atoms with van der Waals surface area (Å²) >= 11 is 0. The maximum absolute atomic E-state index is 11.2. The van der Waals surface area contributed by atoms with Gasteiger partial charge < -0.3 is 9.73 Å². The van der Waals surface area contributed by atoms with Crippen molar-refractivity contribution in [1.82, 2.24) is 15.5 Å². The lowest BCUT2D eigenvalue weighted by atomic mass is 10.1. The first-order valence-corrected chi connectivity index (χ1v) is 9.73. The summed E-state index contributed by atoms with van der Waals surface area (Å²) < 4.78 is 28.1. The summed E-state index contributed by atoms with van der Waals surface area (Å²) in [6.45, 7) is 1.18. The van der Waals surface area contributed by atoms with Crippen molar-refractivity contribution in [1.29, 1.82) is 0 Å². The third-order valence-electron chi connectivity index (χ3n) is 3.83. The zero-order chi connectivity index (χ0) is 18.4. The van der Waals surface area contributed by atoms with Crippen LogP contribution in [0.4, 0.5) is 0 Å². The fraction of sp³-hybridized carbons (Fsp3) is 0.222. The highest BCUT2D eigenvalue weighted by atomic mass is 32.2. The van der Waals surface area contributed by atoms with Gasteiger partial charge in [-0.15, -0.1) is 10.2 Å². The number of nitrogens with zero attached hydrogens (tertiary/aromatic N) is 2. The Hall–Kier alpha value is -2.55. The molecule has 136 valence electrons. The number of aromatic nitrogens is 2. The topological polar surface area (TPSA) is 111 Å². The van der Waals surface area contributed by atoms with Crippen LogP contribution in [0, 0.1) is 0 Å². The molecule has 0 spiro atoms. The predicted octanol–water partition coefficient (Wildman–Crippen LogP) is 1.64. The second kappa shape index (κ2) is 8.22. The summed E-state index contributed by atoms with van der Waals surface area (Å²) in [4.78, 5) is 0.117. The third kappa shape index (κ3) is 5.22. The Bertz CT molecular complexity index is 938. The van der Waals surface area contributed by atoms with Crippen LogP contribution in [0.15, 0.2) is 63.9 Å². The molecule has 1 aromatic heterocycles. The zero-order valence-electron chi connectivity index (χ0n) is 14.1. The number of primary sulfonamides is 1. The van der Waals surface area contributed by atoms with Gasteiger partial charge in [-0.05, 0) is 36.2 Å². The molecule has 0 aliphatic heterocycles. The van der Waals surface area contributed by atoms with Crippen molar-refractivity contribution >= 4 is 10.0 Å². The van der Waals surface area contributed by atoms with Crippen LogP contribution in [0.25, 0.3) is 0 Å². The van der Waals surface area contributed by atoms with Crippen molar-refractivity contribution in [2.45, 2.75) is 24.3 Å². The molecule has 0 aliphatic rings. The van der Waals surface area contributed by atoms with E-state index in [1.165, 1.54) is 12.1 Å². The van der Waals surface area contributed by atoms with Crippen molar-refractivity contribution in [3.05, 3.63) is 77.5 Å². The van der Waals surface area contributed by atoms with Crippen LogP contribution >= 0.6 is 0 Å². The second-order valence-corrected chi connectivity index (χ2v) is 7.43. The molecule has 0 saturated heterocycles. The Morgan fingerprint density at radius 2 is 1.62 bits per heavy atom. The molecule has 3 rings (SSSR count). The maximum atomic E-state index is 11.2. The molecule has 0 saturated carbocycles. The van der Waals surface area contributed by atoms with Crippen molar-refractivity contribution < 1.29 is 12.8 Å². The van der Waals surface area contributed by atoms with E-state index in [9.17, 15) is 8.42 Å². The van der Waals surface area contributed by atoms with E-state index in [-0.39, 0.29) is 4.90 Å². The average molecular weight is 372 g/mol. The maximum Gasteiger partial charge on any atom is 0.238 e. The lowest BCUT2D eigenvalue weighted by Gasteiger charge is -2.04. The van der Waals surface area contributed by atoms with Crippen LogP contribution in [0.3, 0.4) is 0 Å². The molecule has 3 aromatic rings. The smallest absolute Gasteiger partial charge is 0.238 e. The summed E-state index contributed by atoms with van der Waals surface area (Å²) in [7, 11) is -3.64. The number of sulfonamides is 1. The molecule has 0 atom stereocenters. The number of hydrogen-bond acceptors (Lipinski definition) is 6. The highest BCUT2D eigenvalue weighted by Gasteiger charge is 2.08. The number of benzene rings is 2. The zero-order valence-corrected chi connectivity index (χ0v) is 14.9. The Morgan fingerprint density at radius 3 is 2.31 bits per heavy atom. The van der Waals surface area contributed by atoms with Crippen LogP contribution in [0.5, 0.6) is 0 Å². The van der Waals surface area contributed by atoms with E-state index in [0.29, 0.717) is 31.3 Å². The van der Waals surface area contributed by atoms with Gasteiger partial charge in [-0.1, -0.05) is 42.5 Å². The minimum atomic E-state index is -3.64. The molecule has 0 radical (unpaired) electrons. The van der Waals surface area contributed by atoms with Gasteiger partial charge in [0.2, 0.25) is 21.8 Å². The van der Waals surface area contributed by atoms with Crippen LogP contribution in [-0.4, -0.2) is 25.2 Å². The van der Waals surface area contributed by atoms with Crippen molar-refractivity contribution in [3.8, 4) is 0 Å². The minimum Gasteiger partial charge on any atom is -0.424 e. The molecular weight excluding hydrogens is 352 g/mol. The van der Waals surface area contributed by atoms with Crippen LogP contribution in [0.2, 0.25) is 0 Å². The molecule has 1 heterocycles. The van der Waals surface area contributed by atoms with E-state index >= 15 is 0 Å². The Morgan fingerprint density at radius 1 is 0.923 bits per heavy atom. The molecule has 3 N–H and O–H groups in total. The van der Waals surface area contributed by atoms with Gasteiger partial charge in [-0.25, -0.2) is 13.6 Å². The van der Waals surface area contributed by atoms with Gasteiger partial charge in [0.1, 0.15) is 0 Å². The molecule has 26 heavy (non-hydrogen) atoms. The number of nitrogens with one attached hydrogen (secondary N) is 1. The lowest BCUT2D eigenvalue weighted by molar-refractivity contribution is 0.439. The second-order valence-electron chi connectivity index (χ2n) is 5.87. The molecule has 0 amide bonds. The Labute approximate surface area is 152 Å². The van der Waals surface area contributed by atoms with Crippen molar-refractivity contribution in [2.75, 3.05) is 6.54 Å². The quantitative estimate of drug-likeness (QED) is 0.582. The third-order valence-corrected chi connectivity index (χ3v) is 4.75. The van der Waals surface area contributed by atoms with Gasteiger partial charge in [0, 0.05) is 0 Å². The van der Waals surface area contributed by atoms with Crippen LogP contribution in [0.1, 0.15) is 22.9 Å². The monoisotopic (exact) mass is 372 g/mol. The van der Waals surface area contributed by atoms with Crippen molar-refractivity contribution in [2.24, 2.45) is 5.14 Å². The number of hydrogen-bond donors (Lipinski definition) is 2. The standard InChI is InChI=1S/C18H20N4O3S/c19-26(23,24)16-8-6-14(7-9-16)10-11-20-13-18-22-21-17(25-18)12-15-4-2-1-3-5-15/h1-9,20H,10-13H2,(H2,19,23,24). The van der Waals surface area contributed by atoms with Gasteiger partial charge in [-0.2, -0.15) is 0 Å². The van der Waals surface area contributed by atoms with Crippen LogP contribution < -0.4 is 10.5 Å². The lowest BCUT2D eigenvalue weighted by Crippen LogP contribution is -2.17. The first kappa shape index (κ1) is 18.2. The molecule has 0 bridgehead atoms. The Balaban J connectivity index is 1.44. The van der Waals surface area contributed by atoms with Gasteiger partial charge >= 0.3 is 0 Å². The number of nitrogens with two attached hydrogens (primary N) is 1. The summed E-state index contributed by atoms with van der Waals surface area (Å²) in [5, 5.41) is 16.4. The molecule has 0 aliphatic carbocycles. The van der Waals surface area contributed by atoms with E-state index in [1.54, 1.807) is 12.1 Å². The Kier molecular flexibility index (Phi) is 5.77. The molecular formula is C18H20N4O3S. The molecule has 8 heteroatoms. The van der Waals surface area contributed by atoms with Crippen molar-refractivity contribution in [3.63, 3.8) is 0 Å². The van der Waals surface area contributed by atoms with E-state index in [0.717, 1.165) is 17.5 Å². The first-order chi connectivity index (χ1) is 12.5. The fourth-order valence-corrected chi connectivity index (χ4v) is 2.99. The van der Waals surface area contributed by atoms with Gasteiger partial charge in [-0.3, -0.25) is 0 Å². The highest BCUT2D eigenvalue weighted by Crippen LogP contribution is 2.10. The van der Waals surface area contributed by atoms with Gasteiger partial charge in [0.25, 0.3) is 0 Å². The molecule has 0 fully saturated rings. The summed E-state index contributed by atoms with van der Waals surface area (Å²) in [5.74, 6) is 1.13. The largest absolute Gasteiger partial charge is 0.424 e. The van der Waals surface area contributed by atoms with E-state index in [4.69, 9.17) is 9.56 Å². The summed E-state index contributed by atoms with van der Waals surface area (Å²) in [6.07, 6.45) is 1.36. The minimum absolute atomic E-state index is 0.117. The first-order valence-electron chi connectivity index (χ1n) is 8.18. The SMILES string of the molecule is NS(=O)(=O)c1ccc(CCNCc2nnc(Cc3ccccc3)o2)cc1. The van der Waals surface area contributed by atoms with E-state index < -0.39 is 10.0 Å². The molecule has 0 unspecified atom stereocenters. The molecule has 7 nitrogen and oxygen atoms in total. The van der Waals surface area contributed by atoms with Gasteiger partial charge in [0.05, 0.1) is 17.9 Å². The number of rotatable bonds is 8. The van der Waals surface area contributed by atoms with E-state index in [1.807, 2.05) is 30.3 Å². The average Bonchev–Trinajstić information content (AvgIpc) is 3.06. The molecule has 2 aromatic carbocycles. The highest BCUT2D eigenvalue weighted by molar-refractivity contribution is 7.89. The van der Waals surface area contributed by atoms with Gasteiger partial charge in [0.15, 0.2) is 0 Å². The normalized spacial score (nSPS) is 11.6. The summed E-state index contributed by atoms with van der Waals surface area (Å²) in [5.41, 5.74) is 2.14. The summed E-state index contributed by atoms with van der Waals surface area (Å²) in [6, 6.07) is 16.5. The predicted molar refractivity (Wildman–Crippen MR) is 96.8 cm³/mol. The van der Waals surface area contributed by atoms with Crippen LogP contribution in [-0.2, 0) is 29.4 Å².